The molecule has 0 radical (unpaired) electrons. The van der Waals surface area contributed by atoms with Crippen molar-refractivity contribution in [3.05, 3.63) is 45.9 Å². The molecular weight excluding hydrogens is 335 g/mol. The molecule has 1 unspecified atom stereocenters. The molecule has 0 bridgehead atoms. The Kier molecular flexibility index (Phi) is 4.48. The molecule has 2 N–H and O–H groups in total. The second-order valence-electron chi connectivity index (χ2n) is 6.91. The lowest BCUT2D eigenvalue weighted by Gasteiger charge is -2.36. The average molecular weight is 358 g/mol. The molecule has 1 aromatic carbocycles. The van der Waals surface area contributed by atoms with Crippen molar-refractivity contribution in [1.82, 2.24) is 4.90 Å². The molecule has 2 aliphatic rings. The van der Waals surface area contributed by atoms with Crippen LogP contribution in [0.15, 0.2) is 34.6 Å². The summed E-state index contributed by atoms with van der Waals surface area (Å²) in [7, 11) is 2.13. The maximum atomic E-state index is 15.0. The summed E-state index contributed by atoms with van der Waals surface area (Å²) in [5.41, 5.74) is 8.50. The van der Waals surface area contributed by atoms with Crippen molar-refractivity contribution in [3.8, 4) is 0 Å². The fourth-order valence-electron chi connectivity index (χ4n) is 3.92. The normalized spacial score (nSPS) is 21.6. The highest BCUT2D eigenvalue weighted by molar-refractivity contribution is 7.12. The maximum Gasteiger partial charge on any atom is 0.148 e. The zero-order chi connectivity index (χ0) is 17.4. The highest BCUT2D eigenvalue weighted by Crippen LogP contribution is 2.36. The van der Waals surface area contributed by atoms with E-state index in [1.54, 1.807) is 0 Å². The van der Waals surface area contributed by atoms with E-state index in [0.29, 0.717) is 17.6 Å². The number of rotatable bonds is 3. The van der Waals surface area contributed by atoms with E-state index in [0.717, 1.165) is 55.0 Å². The third-order valence-corrected chi connectivity index (χ3v) is 5.98. The second-order valence-corrected chi connectivity index (χ2v) is 7.86. The number of halogens is 1. The average Bonchev–Trinajstić information content (AvgIpc) is 3.25. The molecule has 132 valence electrons. The molecule has 6 heteroatoms. The number of fused-ring (bicyclic) bond motifs is 1. The van der Waals surface area contributed by atoms with Gasteiger partial charge in [0.2, 0.25) is 0 Å². The zero-order valence-corrected chi connectivity index (χ0v) is 15.2. The standard InChI is InChI=1S/C19H23FN4S/c1-23-8-6-15(12-23)24-7-2-4-13-10-14(11-16(20)18(13)24)22-19(21)17-5-3-9-25-17/h3,5,9-11,15H,2,4,6-8,12H2,1H3,(H2,21,22). The van der Waals surface area contributed by atoms with Crippen molar-refractivity contribution in [2.24, 2.45) is 10.7 Å². The molecule has 1 atom stereocenters. The van der Waals surface area contributed by atoms with Crippen molar-refractivity contribution >= 4 is 28.5 Å². The summed E-state index contributed by atoms with van der Waals surface area (Å²) in [6, 6.07) is 7.80. The monoisotopic (exact) mass is 358 g/mol. The number of amidine groups is 1. The molecule has 25 heavy (non-hydrogen) atoms. The van der Waals surface area contributed by atoms with Crippen molar-refractivity contribution in [2.75, 3.05) is 31.6 Å². The molecule has 0 amide bonds. The van der Waals surface area contributed by atoms with E-state index in [1.165, 1.54) is 17.4 Å². The van der Waals surface area contributed by atoms with Crippen molar-refractivity contribution < 1.29 is 4.39 Å². The van der Waals surface area contributed by atoms with Gasteiger partial charge in [-0.3, -0.25) is 0 Å². The number of likely N-dealkylation sites (N-methyl/N-ethyl adjacent to an activating group) is 1. The van der Waals surface area contributed by atoms with Crippen LogP contribution in [0.1, 0.15) is 23.3 Å². The highest BCUT2D eigenvalue weighted by Gasteiger charge is 2.31. The van der Waals surface area contributed by atoms with Crippen LogP contribution >= 0.6 is 11.3 Å². The molecule has 3 heterocycles. The van der Waals surface area contributed by atoms with Gasteiger partial charge in [0.15, 0.2) is 0 Å². The Morgan fingerprint density at radius 2 is 2.24 bits per heavy atom. The molecule has 0 spiro atoms. The lowest BCUT2D eigenvalue weighted by molar-refractivity contribution is 0.405. The predicted molar refractivity (Wildman–Crippen MR) is 103 cm³/mol. The van der Waals surface area contributed by atoms with Crippen LogP contribution in [0.5, 0.6) is 0 Å². The van der Waals surface area contributed by atoms with Gasteiger partial charge in [-0.1, -0.05) is 6.07 Å². The second kappa shape index (κ2) is 6.77. The topological polar surface area (TPSA) is 44.9 Å². The Morgan fingerprint density at radius 3 is 2.96 bits per heavy atom. The first-order chi connectivity index (χ1) is 12.1. The number of aryl methyl sites for hydroxylation is 1. The minimum Gasteiger partial charge on any atom is -0.383 e. The van der Waals surface area contributed by atoms with Gasteiger partial charge in [-0.2, -0.15) is 0 Å². The van der Waals surface area contributed by atoms with Gasteiger partial charge >= 0.3 is 0 Å². The number of benzene rings is 1. The molecule has 4 nitrogen and oxygen atoms in total. The SMILES string of the molecule is CN1CCC(N2CCCc3cc(N=C(N)c4cccs4)cc(F)c32)C1. The minimum atomic E-state index is -0.176. The van der Waals surface area contributed by atoms with Gasteiger partial charge in [-0.05, 0) is 55.9 Å². The minimum absolute atomic E-state index is 0.176. The van der Waals surface area contributed by atoms with Crippen LogP contribution in [0.25, 0.3) is 0 Å². The van der Waals surface area contributed by atoms with Crippen LogP contribution in [0.3, 0.4) is 0 Å². The smallest absolute Gasteiger partial charge is 0.148 e. The molecule has 2 aromatic rings. The Morgan fingerprint density at radius 1 is 1.36 bits per heavy atom. The molecular formula is C19H23FN4S. The third kappa shape index (κ3) is 3.28. The van der Waals surface area contributed by atoms with E-state index in [1.807, 2.05) is 23.6 Å². The summed E-state index contributed by atoms with van der Waals surface area (Å²) >= 11 is 1.54. The largest absolute Gasteiger partial charge is 0.383 e. The Labute approximate surface area is 151 Å². The summed E-state index contributed by atoms with van der Waals surface area (Å²) in [4.78, 5) is 9.94. The van der Waals surface area contributed by atoms with Crippen LogP contribution in [0.4, 0.5) is 15.8 Å². The molecule has 2 aliphatic heterocycles. The van der Waals surface area contributed by atoms with E-state index in [9.17, 15) is 4.39 Å². The van der Waals surface area contributed by atoms with E-state index >= 15 is 0 Å². The Hall–Kier alpha value is -1.92. The first-order valence-electron chi connectivity index (χ1n) is 8.77. The first-order valence-corrected chi connectivity index (χ1v) is 9.65. The van der Waals surface area contributed by atoms with E-state index in [2.05, 4.69) is 21.8 Å². The van der Waals surface area contributed by atoms with E-state index < -0.39 is 0 Å². The molecule has 4 rings (SSSR count). The number of aliphatic imine (C=N–C) groups is 1. The number of anilines is 1. The van der Waals surface area contributed by atoms with Gasteiger partial charge in [-0.25, -0.2) is 9.38 Å². The quantitative estimate of drug-likeness (QED) is 0.676. The number of hydrogen-bond donors (Lipinski definition) is 1. The van der Waals surface area contributed by atoms with Gasteiger partial charge in [0.25, 0.3) is 0 Å². The first kappa shape index (κ1) is 16.5. The molecule has 1 aromatic heterocycles. The zero-order valence-electron chi connectivity index (χ0n) is 14.4. The van der Waals surface area contributed by atoms with Crippen molar-refractivity contribution in [1.29, 1.82) is 0 Å². The van der Waals surface area contributed by atoms with Crippen LogP contribution in [-0.4, -0.2) is 43.5 Å². The van der Waals surface area contributed by atoms with Crippen molar-refractivity contribution in [3.63, 3.8) is 0 Å². The summed E-state index contributed by atoms with van der Waals surface area (Å²) in [5.74, 6) is 0.268. The number of nitrogens with zero attached hydrogens (tertiary/aromatic N) is 3. The number of likely N-dealkylation sites (tertiary alicyclic amines) is 1. The van der Waals surface area contributed by atoms with Gasteiger partial charge in [-0.15, -0.1) is 11.3 Å². The van der Waals surface area contributed by atoms with Crippen LogP contribution in [-0.2, 0) is 6.42 Å². The predicted octanol–water partition coefficient (Wildman–Crippen LogP) is 3.38. The van der Waals surface area contributed by atoms with Gasteiger partial charge in [0.1, 0.15) is 11.7 Å². The Bertz CT molecular complexity index is 787. The summed E-state index contributed by atoms with van der Waals surface area (Å²) < 4.78 is 15.0. The van der Waals surface area contributed by atoms with E-state index in [4.69, 9.17) is 5.73 Å². The van der Waals surface area contributed by atoms with Crippen LogP contribution < -0.4 is 10.6 Å². The molecule has 1 saturated heterocycles. The number of thiophene rings is 1. The van der Waals surface area contributed by atoms with E-state index in [-0.39, 0.29) is 5.82 Å². The van der Waals surface area contributed by atoms with Crippen LogP contribution in [0.2, 0.25) is 0 Å². The summed E-state index contributed by atoms with van der Waals surface area (Å²) in [6.07, 6.45) is 3.05. The molecule has 1 fully saturated rings. The van der Waals surface area contributed by atoms with Gasteiger partial charge in [0, 0.05) is 25.2 Å². The van der Waals surface area contributed by atoms with Gasteiger partial charge in [0.05, 0.1) is 16.3 Å². The van der Waals surface area contributed by atoms with Crippen molar-refractivity contribution in [2.45, 2.75) is 25.3 Å². The molecule has 0 saturated carbocycles. The lowest BCUT2D eigenvalue weighted by Crippen LogP contribution is -2.41. The summed E-state index contributed by atoms with van der Waals surface area (Å²) in [6.45, 7) is 3.02. The lowest BCUT2D eigenvalue weighted by atomic mass is 9.98. The fraction of sp³-hybridized carbons (Fsp3) is 0.421. The third-order valence-electron chi connectivity index (χ3n) is 5.09. The highest BCUT2D eigenvalue weighted by atomic mass is 32.1. The van der Waals surface area contributed by atoms with Gasteiger partial charge < -0.3 is 15.5 Å². The maximum absolute atomic E-state index is 15.0. The fourth-order valence-corrected chi connectivity index (χ4v) is 4.55. The van der Waals surface area contributed by atoms with Crippen LogP contribution in [0, 0.1) is 5.82 Å². The summed E-state index contributed by atoms with van der Waals surface area (Å²) in [5, 5.41) is 1.96. The number of nitrogens with two attached hydrogens (primary N) is 1. The number of hydrogen-bond acceptors (Lipinski definition) is 4. The Balaban J connectivity index is 1.66. The molecule has 0 aliphatic carbocycles.